The zero-order valence-electron chi connectivity index (χ0n) is 18.4. The molecular formula is C28H25NO4. The van der Waals surface area contributed by atoms with Gasteiger partial charge in [-0.25, -0.2) is 9.59 Å². The molecule has 0 bridgehead atoms. The number of amides is 1. The van der Waals surface area contributed by atoms with E-state index in [0.29, 0.717) is 0 Å². The standard InChI is InChI=1S/C28H25NO4/c1-32-27(30)26(29-28(31)33-19-20-10-3-2-4-11-20)18-22-13-6-8-16-24(22)25-17-9-14-21-12-5-7-15-23(21)25/h2-17,26H,18-19H2,1H3,(H,29,31)/t26-/m1/s1. The maximum Gasteiger partial charge on any atom is 0.408 e. The minimum absolute atomic E-state index is 0.118. The molecule has 0 saturated heterocycles. The van der Waals surface area contributed by atoms with Gasteiger partial charge in [-0.2, -0.15) is 0 Å². The zero-order chi connectivity index (χ0) is 23.0. The summed E-state index contributed by atoms with van der Waals surface area (Å²) < 4.78 is 10.3. The van der Waals surface area contributed by atoms with E-state index in [1.165, 1.54) is 7.11 Å². The van der Waals surface area contributed by atoms with Crippen molar-refractivity contribution < 1.29 is 19.1 Å². The van der Waals surface area contributed by atoms with Crippen molar-refractivity contribution in [1.82, 2.24) is 5.32 Å². The number of benzene rings is 4. The van der Waals surface area contributed by atoms with Gasteiger partial charge in [0.25, 0.3) is 0 Å². The summed E-state index contributed by atoms with van der Waals surface area (Å²) in [5.74, 6) is -0.528. The third-order valence-corrected chi connectivity index (χ3v) is 5.51. The predicted molar refractivity (Wildman–Crippen MR) is 129 cm³/mol. The Bertz CT molecular complexity index is 1250. The molecule has 4 aromatic rings. The molecule has 0 fully saturated rings. The monoisotopic (exact) mass is 439 g/mol. The lowest BCUT2D eigenvalue weighted by atomic mass is 9.92. The van der Waals surface area contributed by atoms with Crippen molar-refractivity contribution in [2.24, 2.45) is 0 Å². The number of carbonyl (C=O) groups excluding carboxylic acids is 2. The van der Waals surface area contributed by atoms with Crippen LogP contribution in [0, 0.1) is 0 Å². The quantitative estimate of drug-likeness (QED) is 0.385. The van der Waals surface area contributed by atoms with Crippen LogP contribution in [-0.2, 0) is 27.3 Å². The molecule has 0 aliphatic heterocycles. The Morgan fingerprint density at radius 2 is 1.45 bits per heavy atom. The highest BCUT2D eigenvalue weighted by atomic mass is 16.6. The van der Waals surface area contributed by atoms with Gasteiger partial charge in [0.1, 0.15) is 12.6 Å². The van der Waals surface area contributed by atoms with E-state index in [1.54, 1.807) is 0 Å². The molecule has 1 N–H and O–H groups in total. The van der Waals surface area contributed by atoms with Crippen LogP contribution >= 0.6 is 0 Å². The van der Waals surface area contributed by atoms with Crippen molar-refractivity contribution >= 4 is 22.8 Å². The molecule has 1 atom stereocenters. The third-order valence-electron chi connectivity index (χ3n) is 5.51. The number of hydrogen-bond donors (Lipinski definition) is 1. The first kappa shape index (κ1) is 22.1. The lowest BCUT2D eigenvalue weighted by Crippen LogP contribution is -2.43. The molecule has 0 aliphatic rings. The smallest absolute Gasteiger partial charge is 0.408 e. The van der Waals surface area contributed by atoms with Crippen molar-refractivity contribution in [3.05, 3.63) is 108 Å². The van der Waals surface area contributed by atoms with E-state index < -0.39 is 18.1 Å². The molecule has 5 nitrogen and oxygen atoms in total. The number of hydrogen-bond acceptors (Lipinski definition) is 4. The van der Waals surface area contributed by atoms with Gasteiger partial charge in [-0.15, -0.1) is 0 Å². The Balaban J connectivity index is 1.56. The molecule has 33 heavy (non-hydrogen) atoms. The van der Waals surface area contributed by atoms with Gasteiger partial charge >= 0.3 is 12.1 Å². The van der Waals surface area contributed by atoms with Crippen LogP contribution in [-0.4, -0.2) is 25.2 Å². The van der Waals surface area contributed by atoms with Gasteiger partial charge in [-0.05, 0) is 33.0 Å². The molecule has 0 spiro atoms. The van der Waals surface area contributed by atoms with Crippen LogP contribution in [0.5, 0.6) is 0 Å². The molecule has 166 valence electrons. The molecule has 4 rings (SSSR count). The number of alkyl carbamates (subject to hydrolysis) is 1. The molecule has 0 saturated carbocycles. The topological polar surface area (TPSA) is 64.6 Å². The van der Waals surface area contributed by atoms with E-state index in [9.17, 15) is 9.59 Å². The molecule has 5 heteroatoms. The summed E-state index contributed by atoms with van der Waals surface area (Å²) in [4.78, 5) is 24.9. The van der Waals surface area contributed by atoms with Crippen LogP contribution in [0.15, 0.2) is 97.1 Å². The van der Waals surface area contributed by atoms with Gasteiger partial charge in [-0.3, -0.25) is 0 Å². The van der Waals surface area contributed by atoms with Crippen LogP contribution in [0.4, 0.5) is 4.79 Å². The first-order chi connectivity index (χ1) is 16.2. The molecule has 0 aromatic heterocycles. The third kappa shape index (κ3) is 5.39. The predicted octanol–water partition coefficient (Wildman–Crippen LogP) is 5.52. The number of carbonyl (C=O) groups is 2. The average molecular weight is 440 g/mol. The Hall–Kier alpha value is -4.12. The van der Waals surface area contributed by atoms with Crippen molar-refractivity contribution in [1.29, 1.82) is 0 Å². The summed E-state index contributed by atoms with van der Waals surface area (Å²) in [5.41, 5.74) is 3.86. The number of esters is 1. The molecule has 4 aromatic carbocycles. The molecular weight excluding hydrogens is 414 g/mol. The molecule has 0 heterocycles. The Kier molecular flexibility index (Phi) is 7.00. The van der Waals surface area contributed by atoms with Crippen LogP contribution in [0.2, 0.25) is 0 Å². The highest BCUT2D eigenvalue weighted by Gasteiger charge is 2.24. The van der Waals surface area contributed by atoms with E-state index in [1.807, 2.05) is 72.8 Å². The number of methoxy groups -OCH3 is 1. The minimum atomic E-state index is -0.880. The first-order valence-electron chi connectivity index (χ1n) is 10.8. The number of fused-ring (bicyclic) bond motifs is 1. The zero-order valence-corrected chi connectivity index (χ0v) is 18.4. The Labute approximate surface area is 193 Å². The Morgan fingerprint density at radius 1 is 0.788 bits per heavy atom. The van der Waals surface area contributed by atoms with E-state index >= 15 is 0 Å². The van der Waals surface area contributed by atoms with Gasteiger partial charge in [0.15, 0.2) is 0 Å². The van der Waals surface area contributed by atoms with Crippen LogP contribution < -0.4 is 5.32 Å². The number of rotatable bonds is 7. The SMILES string of the molecule is COC(=O)[C@@H](Cc1ccccc1-c1cccc2ccccc12)NC(=O)OCc1ccccc1. The maximum absolute atomic E-state index is 12.5. The maximum atomic E-state index is 12.5. The van der Waals surface area contributed by atoms with E-state index in [2.05, 4.69) is 29.6 Å². The molecule has 0 aliphatic carbocycles. The summed E-state index contributed by atoms with van der Waals surface area (Å²) in [7, 11) is 1.31. The lowest BCUT2D eigenvalue weighted by molar-refractivity contribution is -0.143. The summed E-state index contributed by atoms with van der Waals surface area (Å²) in [6, 6.07) is 30.7. The van der Waals surface area contributed by atoms with Crippen LogP contribution in [0.1, 0.15) is 11.1 Å². The summed E-state index contributed by atoms with van der Waals surface area (Å²) >= 11 is 0. The average Bonchev–Trinajstić information content (AvgIpc) is 2.87. The van der Waals surface area contributed by atoms with Gasteiger partial charge in [0.2, 0.25) is 0 Å². The van der Waals surface area contributed by atoms with Crippen LogP contribution in [0.3, 0.4) is 0 Å². The second-order valence-corrected chi connectivity index (χ2v) is 7.67. The van der Waals surface area contributed by atoms with E-state index in [4.69, 9.17) is 9.47 Å². The summed E-state index contributed by atoms with van der Waals surface area (Å²) in [5, 5.41) is 4.93. The minimum Gasteiger partial charge on any atom is -0.467 e. The normalized spacial score (nSPS) is 11.5. The van der Waals surface area contributed by atoms with Crippen molar-refractivity contribution in [2.45, 2.75) is 19.1 Å². The summed E-state index contributed by atoms with van der Waals surface area (Å²) in [6.07, 6.45) is -0.399. The Morgan fingerprint density at radius 3 is 2.27 bits per heavy atom. The fourth-order valence-corrected chi connectivity index (χ4v) is 3.88. The van der Waals surface area contributed by atoms with Crippen molar-refractivity contribution in [3.8, 4) is 11.1 Å². The highest BCUT2D eigenvalue weighted by molar-refractivity contribution is 5.97. The fraction of sp³-hybridized carbons (Fsp3) is 0.143. The van der Waals surface area contributed by atoms with E-state index in [-0.39, 0.29) is 13.0 Å². The van der Waals surface area contributed by atoms with Gasteiger partial charge in [-0.1, -0.05) is 97.1 Å². The number of ether oxygens (including phenoxy) is 2. The largest absolute Gasteiger partial charge is 0.467 e. The first-order valence-corrected chi connectivity index (χ1v) is 10.8. The lowest BCUT2D eigenvalue weighted by Gasteiger charge is -2.19. The summed E-state index contributed by atoms with van der Waals surface area (Å²) in [6.45, 7) is 0.118. The van der Waals surface area contributed by atoms with Crippen LogP contribution in [0.25, 0.3) is 21.9 Å². The molecule has 0 radical (unpaired) electrons. The second-order valence-electron chi connectivity index (χ2n) is 7.67. The number of nitrogens with one attached hydrogen (secondary N) is 1. The van der Waals surface area contributed by atoms with Gasteiger partial charge in [0.05, 0.1) is 7.11 Å². The molecule has 1 amide bonds. The van der Waals surface area contributed by atoms with Crippen molar-refractivity contribution in [2.75, 3.05) is 7.11 Å². The highest BCUT2D eigenvalue weighted by Crippen LogP contribution is 2.31. The van der Waals surface area contributed by atoms with E-state index in [0.717, 1.165) is 33.0 Å². The second kappa shape index (κ2) is 10.5. The van der Waals surface area contributed by atoms with Gasteiger partial charge in [0, 0.05) is 6.42 Å². The molecule has 0 unspecified atom stereocenters. The van der Waals surface area contributed by atoms with Crippen molar-refractivity contribution in [3.63, 3.8) is 0 Å². The fourth-order valence-electron chi connectivity index (χ4n) is 3.88. The van der Waals surface area contributed by atoms with Gasteiger partial charge < -0.3 is 14.8 Å².